The summed E-state index contributed by atoms with van der Waals surface area (Å²) in [4.78, 5) is 0. The minimum absolute atomic E-state index is 0.0656. The molecule has 20 heavy (non-hydrogen) atoms. The Morgan fingerprint density at radius 1 is 1.45 bits per heavy atom. The molecule has 7 heteroatoms. The molecule has 1 aliphatic rings. The molecule has 0 spiro atoms. The smallest absolute Gasteiger partial charge is 0.200 e. The van der Waals surface area contributed by atoms with Gasteiger partial charge >= 0.3 is 0 Å². The topological polar surface area (TPSA) is 73.6 Å². The van der Waals surface area contributed by atoms with Gasteiger partial charge < -0.3 is 14.8 Å². The molecule has 0 radical (unpaired) electrons. The van der Waals surface area contributed by atoms with Gasteiger partial charge in [0, 0.05) is 6.61 Å². The third-order valence-corrected chi connectivity index (χ3v) is 3.67. The molecule has 7 nitrogen and oxygen atoms in total. The highest BCUT2D eigenvalue weighted by atomic mass is 16.5. The Balaban J connectivity index is 1.93. The van der Waals surface area contributed by atoms with Crippen molar-refractivity contribution >= 4 is 11.3 Å². The average molecular weight is 277 g/mol. The zero-order chi connectivity index (χ0) is 14.1. The van der Waals surface area contributed by atoms with E-state index in [1.165, 1.54) is 0 Å². The zero-order valence-electron chi connectivity index (χ0n) is 12.0. The summed E-state index contributed by atoms with van der Waals surface area (Å²) in [6, 6.07) is 0.121. The predicted molar refractivity (Wildman–Crippen MR) is 73.9 cm³/mol. The van der Waals surface area contributed by atoms with E-state index in [2.05, 4.69) is 20.6 Å². The van der Waals surface area contributed by atoms with Crippen LogP contribution in [0.2, 0.25) is 0 Å². The molecule has 2 aromatic heterocycles. The van der Waals surface area contributed by atoms with Gasteiger partial charge in [0.2, 0.25) is 5.65 Å². The maximum atomic E-state index is 5.71. The van der Waals surface area contributed by atoms with Gasteiger partial charge in [-0.15, -0.1) is 10.2 Å². The number of aromatic nitrogens is 4. The SMILES string of the molecule is CCO[C@H]1COC[C@@H]1Nc1c(C)c(C)nn2cnnc12. The second-order valence-corrected chi connectivity index (χ2v) is 4.97. The number of anilines is 1. The van der Waals surface area contributed by atoms with Crippen LogP contribution in [0, 0.1) is 13.8 Å². The van der Waals surface area contributed by atoms with Gasteiger partial charge in [0.05, 0.1) is 30.6 Å². The highest BCUT2D eigenvalue weighted by molar-refractivity contribution is 5.71. The van der Waals surface area contributed by atoms with Crippen LogP contribution in [0.5, 0.6) is 0 Å². The van der Waals surface area contributed by atoms with Crippen molar-refractivity contribution < 1.29 is 9.47 Å². The normalized spacial score (nSPS) is 22.6. The molecule has 3 rings (SSSR count). The molecule has 0 aliphatic carbocycles. The molecule has 1 fully saturated rings. The molecule has 2 atom stereocenters. The molecule has 0 saturated carbocycles. The van der Waals surface area contributed by atoms with Crippen molar-refractivity contribution in [2.24, 2.45) is 0 Å². The molecule has 1 aliphatic heterocycles. The Morgan fingerprint density at radius 3 is 3.10 bits per heavy atom. The van der Waals surface area contributed by atoms with E-state index in [0.29, 0.717) is 19.8 Å². The summed E-state index contributed by atoms with van der Waals surface area (Å²) in [6.07, 6.45) is 1.67. The minimum Gasteiger partial charge on any atom is -0.376 e. The van der Waals surface area contributed by atoms with E-state index in [-0.39, 0.29) is 12.1 Å². The summed E-state index contributed by atoms with van der Waals surface area (Å²) in [7, 11) is 0. The van der Waals surface area contributed by atoms with Gasteiger partial charge in [-0.25, -0.2) is 0 Å². The van der Waals surface area contributed by atoms with Gasteiger partial charge in [-0.2, -0.15) is 9.61 Å². The van der Waals surface area contributed by atoms with Gasteiger partial charge in [0.25, 0.3) is 0 Å². The van der Waals surface area contributed by atoms with Crippen LogP contribution < -0.4 is 5.32 Å². The number of rotatable bonds is 4. The third kappa shape index (κ3) is 2.23. The first kappa shape index (κ1) is 13.3. The fourth-order valence-corrected chi connectivity index (χ4v) is 2.46. The number of hydrogen-bond donors (Lipinski definition) is 1. The lowest BCUT2D eigenvalue weighted by atomic mass is 10.1. The molecule has 108 valence electrons. The molecular weight excluding hydrogens is 258 g/mol. The van der Waals surface area contributed by atoms with Crippen molar-refractivity contribution in [1.82, 2.24) is 19.8 Å². The molecular formula is C13H19N5O2. The summed E-state index contributed by atoms with van der Waals surface area (Å²) < 4.78 is 12.9. The summed E-state index contributed by atoms with van der Waals surface area (Å²) in [5.74, 6) is 0. The second-order valence-electron chi connectivity index (χ2n) is 4.97. The molecule has 3 heterocycles. The van der Waals surface area contributed by atoms with Crippen molar-refractivity contribution in [3.05, 3.63) is 17.6 Å². The zero-order valence-corrected chi connectivity index (χ0v) is 12.0. The van der Waals surface area contributed by atoms with Gasteiger partial charge in [-0.3, -0.25) is 0 Å². The lowest BCUT2D eigenvalue weighted by Gasteiger charge is -2.21. The molecule has 2 aromatic rings. The van der Waals surface area contributed by atoms with E-state index >= 15 is 0 Å². The molecule has 1 N–H and O–H groups in total. The number of hydrogen-bond acceptors (Lipinski definition) is 6. The Hall–Kier alpha value is -1.73. The Labute approximate surface area is 117 Å². The van der Waals surface area contributed by atoms with Crippen molar-refractivity contribution in [2.75, 3.05) is 25.1 Å². The van der Waals surface area contributed by atoms with Crippen LogP contribution >= 0.6 is 0 Å². The molecule has 1 saturated heterocycles. The third-order valence-electron chi connectivity index (χ3n) is 3.67. The van der Waals surface area contributed by atoms with E-state index in [9.17, 15) is 0 Å². The fourth-order valence-electron chi connectivity index (χ4n) is 2.46. The monoisotopic (exact) mass is 277 g/mol. The minimum atomic E-state index is 0.0656. The Morgan fingerprint density at radius 2 is 2.30 bits per heavy atom. The van der Waals surface area contributed by atoms with Gasteiger partial charge in [0.1, 0.15) is 12.4 Å². The van der Waals surface area contributed by atoms with Gasteiger partial charge in [-0.05, 0) is 26.3 Å². The molecule has 0 unspecified atom stereocenters. The molecule has 0 bridgehead atoms. The van der Waals surface area contributed by atoms with Crippen LogP contribution in [-0.2, 0) is 9.47 Å². The number of nitrogens with zero attached hydrogens (tertiary/aromatic N) is 4. The average Bonchev–Trinajstić information content (AvgIpc) is 3.04. The van der Waals surface area contributed by atoms with Crippen LogP contribution in [-0.4, -0.2) is 51.8 Å². The molecule has 0 aromatic carbocycles. The quantitative estimate of drug-likeness (QED) is 0.897. The number of fused-ring (bicyclic) bond motifs is 1. The van der Waals surface area contributed by atoms with E-state index in [1.54, 1.807) is 10.8 Å². The first-order chi connectivity index (χ1) is 9.70. The lowest BCUT2D eigenvalue weighted by molar-refractivity contribution is 0.0478. The van der Waals surface area contributed by atoms with Crippen molar-refractivity contribution in [1.29, 1.82) is 0 Å². The van der Waals surface area contributed by atoms with Crippen LogP contribution in [0.1, 0.15) is 18.2 Å². The maximum Gasteiger partial charge on any atom is 0.200 e. The van der Waals surface area contributed by atoms with Gasteiger partial charge in [-0.1, -0.05) is 0 Å². The highest BCUT2D eigenvalue weighted by Gasteiger charge is 2.30. The summed E-state index contributed by atoms with van der Waals surface area (Å²) in [6.45, 7) is 7.94. The first-order valence-electron chi connectivity index (χ1n) is 6.83. The summed E-state index contributed by atoms with van der Waals surface area (Å²) in [5.41, 5.74) is 3.71. The van der Waals surface area contributed by atoms with E-state index in [0.717, 1.165) is 22.6 Å². The van der Waals surface area contributed by atoms with E-state index in [4.69, 9.17) is 9.47 Å². The molecule has 0 amide bonds. The standard InChI is InChI=1S/C13H19N5O2/c1-4-20-11-6-19-5-10(11)15-12-8(2)9(3)17-18-7-14-16-13(12)18/h7,10-11,15H,4-6H2,1-3H3/t10-,11-/m0/s1. The van der Waals surface area contributed by atoms with Crippen LogP contribution in [0.4, 0.5) is 5.69 Å². The van der Waals surface area contributed by atoms with Crippen LogP contribution in [0.3, 0.4) is 0 Å². The van der Waals surface area contributed by atoms with Crippen LogP contribution in [0.15, 0.2) is 6.33 Å². The number of ether oxygens (including phenoxy) is 2. The first-order valence-corrected chi connectivity index (χ1v) is 6.83. The highest BCUT2D eigenvalue weighted by Crippen LogP contribution is 2.24. The Bertz CT molecular complexity index is 612. The van der Waals surface area contributed by atoms with Crippen LogP contribution in [0.25, 0.3) is 5.65 Å². The maximum absolute atomic E-state index is 5.71. The van der Waals surface area contributed by atoms with Crippen molar-refractivity contribution in [3.8, 4) is 0 Å². The second kappa shape index (κ2) is 5.34. The van der Waals surface area contributed by atoms with E-state index < -0.39 is 0 Å². The van der Waals surface area contributed by atoms with Gasteiger partial charge in [0.15, 0.2) is 0 Å². The number of nitrogens with one attached hydrogen (secondary N) is 1. The summed E-state index contributed by atoms with van der Waals surface area (Å²) >= 11 is 0. The van der Waals surface area contributed by atoms with E-state index in [1.807, 2.05) is 20.8 Å². The fraction of sp³-hybridized carbons (Fsp3) is 0.615. The van der Waals surface area contributed by atoms with Crippen molar-refractivity contribution in [2.45, 2.75) is 32.9 Å². The summed E-state index contributed by atoms with van der Waals surface area (Å²) in [5, 5.41) is 16.0. The van der Waals surface area contributed by atoms with Crippen molar-refractivity contribution in [3.63, 3.8) is 0 Å². The number of aryl methyl sites for hydroxylation is 1. The lowest BCUT2D eigenvalue weighted by Crippen LogP contribution is -2.35. The predicted octanol–water partition coefficient (Wildman–Crippen LogP) is 0.957. The Kier molecular flexibility index (Phi) is 3.54. The largest absolute Gasteiger partial charge is 0.376 e.